The van der Waals surface area contributed by atoms with Gasteiger partial charge >= 0.3 is 0 Å². The molecular formula is C12H17IOS. The van der Waals surface area contributed by atoms with Gasteiger partial charge in [0, 0.05) is 3.57 Å². The second kappa shape index (κ2) is 8.28. The van der Waals surface area contributed by atoms with Crippen molar-refractivity contribution < 1.29 is 4.74 Å². The molecule has 3 heteroatoms. The Morgan fingerprint density at radius 1 is 1.13 bits per heavy atom. The molecule has 0 aromatic heterocycles. The van der Waals surface area contributed by atoms with Gasteiger partial charge in [-0.05, 0) is 59.4 Å². The van der Waals surface area contributed by atoms with Gasteiger partial charge in [-0.15, -0.1) is 0 Å². The Kier molecular flexibility index (Phi) is 7.26. The second-order valence-electron chi connectivity index (χ2n) is 3.44. The van der Waals surface area contributed by atoms with Gasteiger partial charge in [0.1, 0.15) is 5.75 Å². The smallest absolute Gasteiger partial charge is 0.120 e. The summed E-state index contributed by atoms with van der Waals surface area (Å²) in [6.45, 7) is 0.826. The molecule has 1 nitrogen and oxygen atoms in total. The molecule has 0 aliphatic carbocycles. The lowest BCUT2D eigenvalue weighted by Gasteiger charge is -2.05. The Labute approximate surface area is 111 Å². The van der Waals surface area contributed by atoms with Crippen LogP contribution in [0.15, 0.2) is 24.3 Å². The molecule has 84 valence electrons. The lowest BCUT2D eigenvalue weighted by molar-refractivity contribution is 0.305. The fourth-order valence-electron chi connectivity index (χ4n) is 1.31. The molecule has 0 fully saturated rings. The number of rotatable bonds is 7. The first-order valence-corrected chi connectivity index (χ1v) is 7.03. The Morgan fingerprint density at radius 3 is 2.67 bits per heavy atom. The van der Waals surface area contributed by atoms with Crippen LogP contribution in [0.3, 0.4) is 0 Å². The number of halogens is 1. The van der Waals surface area contributed by atoms with Crippen molar-refractivity contribution in [2.24, 2.45) is 0 Å². The van der Waals surface area contributed by atoms with Crippen molar-refractivity contribution in [1.29, 1.82) is 0 Å². The van der Waals surface area contributed by atoms with Crippen molar-refractivity contribution in [3.05, 3.63) is 27.8 Å². The molecule has 0 bridgehead atoms. The van der Waals surface area contributed by atoms with Crippen molar-refractivity contribution in [1.82, 2.24) is 0 Å². The molecule has 0 atom stereocenters. The summed E-state index contributed by atoms with van der Waals surface area (Å²) in [6, 6.07) is 8.17. The third kappa shape index (κ3) is 6.30. The first-order chi connectivity index (χ1) is 7.33. The maximum Gasteiger partial charge on any atom is 0.120 e. The second-order valence-corrected chi connectivity index (χ2v) is 5.14. The Bertz CT molecular complexity index is 278. The van der Waals surface area contributed by atoms with Crippen molar-refractivity contribution in [3.8, 4) is 5.75 Å². The van der Waals surface area contributed by atoms with Crippen LogP contribution in [-0.2, 0) is 0 Å². The number of unbranched alkanes of at least 4 members (excludes halogenated alkanes) is 3. The molecule has 0 aliphatic rings. The summed E-state index contributed by atoms with van der Waals surface area (Å²) in [6.07, 6.45) is 4.86. The predicted octanol–water partition coefficient (Wildman–Crippen LogP) is 4.16. The molecule has 1 rings (SSSR count). The van der Waals surface area contributed by atoms with Gasteiger partial charge < -0.3 is 4.74 Å². The van der Waals surface area contributed by atoms with Crippen LogP contribution in [0.1, 0.15) is 25.7 Å². The molecule has 0 amide bonds. The number of hydrogen-bond donors (Lipinski definition) is 1. The third-order valence-electron chi connectivity index (χ3n) is 2.12. The maximum atomic E-state index is 5.64. The maximum absolute atomic E-state index is 5.64. The minimum Gasteiger partial charge on any atom is -0.494 e. The molecule has 1 aromatic rings. The fourth-order valence-corrected chi connectivity index (χ4v) is 2.05. The highest BCUT2D eigenvalue weighted by atomic mass is 127. The Hall–Kier alpha value is 0.100. The number of thiol groups is 1. The number of hydrogen-bond acceptors (Lipinski definition) is 2. The van der Waals surface area contributed by atoms with Crippen molar-refractivity contribution in [2.75, 3.05) is 12.4 Å². The average molecular weight is 336 g/mol. The zero-order valence-electron chi connectivity index (χ0n) is 8.79. The van der Waals surface area contributed by atoms with Crippen LogP contribution in [0.2, 0.25) is 0 Å². The van der Waals surface area contributed by atoms with Gasteiger partial charge in [-0.1, -0.05) is 18.9 Å². The van der Waals surface area contributed by atoms with E-state index in [2.05, 4.69) is 47.4 Å². The number of ether oxygens (including phenoxy) is 1. The molecule has 15 heavy (non-hydrogen) atoms. The third-order valence-corrected chi connectivity index (χ3v) is 3.10. The van der Waals surface area contributed by atoms with Gasteiger partial charge in [0.2, 0.25) is 0 Å². The van der Waals surface area contributed by atoms with E-state index in [0.717, 1.165) is 24.5 Å². The van der Waals surface area contributed by atoms with Crippen LogP contribution in [0.5, 0.6) is 5.75 Å². The van der Waals surface area contributed by atoms with E-state index in [1.807, 2.05) is 12.1 Å². The van der Waals surface area contributed by atoms with Gasteiger partial charge in [-0.2, -0.15) is 12.6 Å². The average Bonchev–Trinajstić information content (AvgIpc) is 2.23. The predicted molar refractivity (Wildman–Crippen MR) is 77.0 cm³/mol. The summed E-state index contributed by atoms with van der Waals surface area (Å²) >= 11 is 6.48. The number of benzene rings is 1. The van der Waals surface area contributed by atoms with E-state index in [1.54, 1.807) is 0 Å². The summed E-state index contributed by atoms with van der Waals surface area (Å²) in [5, 5.41) is 0. The van der Waals surface area contributed by atoms with Gasteiger partial charge in [-0.25, -0.2) is 0 Å². The van der Waals surface area contributed by atoms with E-state index in [-0.39, 0.29) is 0 Å². The van der Waals surface area contributed by atoms with Gasteiger partial charge in [0.25, 0.3) is 0 Å². The van der Waals surface area contributed by atoms with Crippen LogP contribution >= 0.6 is 35.2 Å². The van der Waals surface area contributed by atoms with Crippen molar-refractivity contribution in [3.63, 3.8) is 0 Å². The van der Waals surface area contributed by atoms with Crippen molar-refractivity contribution in [2.45, 2.75) is 25.7 Å². The highest BCUT2D eigenvalue weighted by Crippen LogP contribution is 2.15. The SMILES string of the molecule is SCCCCCCOc1cccc(I)c1. The van der Waals surface area contributed by atoms with E-state index < -0.39 is 0 Å². The van der Waals surface area contributed by atoms with Crippen LogP contribution in [-0.4, -0.2) is 12.4 Å². The molecular weight excluding hydrogens is 319 g/mol. The molecule has 0 radical (unpaired) electrons. The molecule has 1 aromatic carbocycles. The van der Waals surface area contributed by atoms with E-state index in [1.165, 1.54) is 22.8 Å². The van der Waals surface area contributed by atoms with Gasteiger partial charge in [0.05, 0.1) is 6.61 Å². The van der Waals surface area contributed by atoms with Crippen LogP contribution in [0.25, 0.3) is 0 Å². The van der Waals surface area contributed by atoms with Gasteiger partial charge in [-0.3, -0.25) is 0 Å². The van der Waals surface area contributed by atoms with Crippen LogP contribution in [0.4, 0.5) is 0 Å². The van der Waals surface area contributed by atoms with E-state index in [9.17, 15) is 0 Å². The minimum absolute atomic E-state index is 0.826. The molecule has 0 unspecified atom stereocenters. The normalized spacial score (nSPS) is 10.3. The molecule has 0 spiro atoms. The van der Waals surface area contributed by atoms with Crippen LogP contribution < -0.4 is 4.74 Å². The standard InChI is InChI=1S/C12H17IOS/c13-11-6-5-7-12(10-11)14-8-3-1-2-4-9-15/h5-7,10,15H,1-4,8-9H2. The molecule has 0 heterocycles. The topological polar surface area (TPSA) is 9.23 Å². The molecule has 0 N–H and O–H groups in total. The zero-order valence-corrected chi connectivity index (χ0v) is 11.8. The fraction of sp³-hybridized carbons (Fsp3) is 0.500. The quantitative estimate of drug-likeness (QED) is 0.447. The Balaban J connectivity index is 2.10. The zero-order chi connectivity index (χ0) is 10.9. The lowest BCUT2D eigenvalue weighted by atomic mass is 10.2. The summed E-state index contributed by atoms with van der Waals surface area (Å²) in [5.74, 6) is 1.98. The molecule has 0 saturated heterocycles. The summed E-state index contributed by atoms with van der Waals surface area (Å²) < 4.78 is 6.87. The Morgan fingerprint density at radius 2 is 1.93 bits per heavy atom. The monoisotopic (exact) mass is 336 g/mol. The summed E-state index contributed by atoms with van der Waals surface area (Å²) in [7, 11) is 0. The summed E-state index contributed by atoms with van der Waals surface area (Å²) in [4.78, 5) is 0. The van der Waals surface area contributed by atoms with E-state index in [0.29, 0.717) is 0 Å². The highest BCUT2D eigenvalue weighted by Gasteiger charge is 1.94. The molecule has 0 saturated carbocycles. The first kappa shape index (κ1) is 13.2. The van der Waals surface area contributed by atoms with Crippen LogP contribution in [0, 0.1) is 3.57 Å². The first-order valence-electron chi connectivity index (χ1n) is 5.32. The van der Waals surface area contributed by atoms with Gasteiger partial charge in [0.15, 0.2) is 0 Å². The minimum atomic E-state index is 0.826. The van der Waals surface area contributed by atoms with E-state index >= 15 is 0 Å². The van der Waals surface area contributed by atoms with Crippen molar-refractivity contribution >= 4 is 35.2 Å². The summed E-state index contributed by atoms with van der Waals surface area (Å²) in [5.41, 5.74) is 0. The van der Waals surface area contributed by atoms with E-state index in [4.69, 9.17) is 4.74 Å². The highest BCUT2D eigenvalue weighted by molar-refractivity contribution is 14.1. The largest absolute Gasteiger partial charge is 0.494 e. The lowest BCUT2D eigenvalue weighted by Crippen LogP contribution is -1.97. The molecule has 0 aliphatic heterocycles.